The van der Waals surface area contributed by atoms with Gasteiger partial charge in [0.15, 0.2) is 8.32 Å². The number of β-lactam (4-membered cyclic amide) rings is 1. The van der Waals surface area contributed by atoms with Crippen molar-refractivity contribution in [1.82, 2.24) is 4.90 Å². The first-order chi connectivity index (χ1) is 20.2. The van der Waals surface area contributed by atoms with Crippen LogP contribution in [0.15, 0.2) is 66.9 Å². The minimum atomic E-state index is -2.00. The Morgan fingerprint density at radius 1 is 1.12 bits per heavy atom. The van der Waals surface area contributed by atoms with Crippen molar-refractivity contribution in [1.29, 1.82) is 0 Å². The molecule has 0 unspecified atom stereocenters. The number of nitrogens with zero attached hydrogens (tertiary/aromatic N) is 2. The highest BCUT2D eigenvalue weighted by Gasteiger charge is 2.56. The number of non-ortho nitro benzene ring substituents is 1. The van der Waals surface area contributed by atoms with Crippen molar-refractivity contribution in [2.24, 2.45) is 5.92 Å². The maximum absolute atomic E-state index is 13.5. The zero-order chi connectivity index (χ0) is 31.5. The van der Waals surface area contributed by atoms with Gasteiger partial charge in [-0.05, 0) is 59.9 Å². The first-order valence-electron chi connectivity index (χ1n) is 13.9. The lowest BCUT2D eigenvalue weighted by molar-refractivity contribution is -0.384. The Hall–Kier alpha value is -3.74. The van der Waals surface area contributed by atoms with E-state index < -0.39 is 25.2 Å². The molecule has 2 aliphatic heterocycles. The summed E-state index contributed by atoms with van der Waals surface area (Å²) in [5.74, 6) is -1.76. The lowest BCUT2D eigenvalue weighted by Crippen LogP contribution is -2.57. The minimum absolute atomic E-state index is 0.0396. The molecule has 0 N–H and O–H groups in total. The number of carbonyl (C=O) groups is 3. The number of carbonyl (C=O) groups excluding carboxylic acids is 3. The second-order valence-corrected chi connectivity index (χ2v) is 17.8. The third kappa shape index (κ3) is 6.92. The smallest absolute Gasteiger partial charge is 0.356 e. The predicted molar refractivity (Wildman–Crippen MR) is 166 cm³/mol. The van der Waals surface area contributed by atoms with Crippen LogP contribution >= 0.6 is 11.8 Å². The molecule has 2 atom stereocenters. The summed E-state index contributed by atoms with van der Waals surface area (Å²) < 4.78 is 17.1. The Labute approximate surface area is 256 Å². The molecular formula is C31H36N2O8SSi. The van der Waals surface area contributed by atoms with Crippen LogP contribution in [0.1, 0.15) is 48.7 Å². The van der Waals surface area contributed by atoms with Crippen LogP contribution in [0, 0.1) is 16.0 Å². The van der Waals surface area contributed by atoms with E-state index >= 15 is 0 Å². The lowest BCUT2D eigenvalue weighted by atomic mass is 9.94. The lowest BCUT2D eigenvalue weighted by Gasteiger charge is -2.43. The second kappa shape index (κ2) is 12.9. The normalized spacial score (nSPS) is 18.2. The molecule has 0 aliphatic carbocycles. The summed E-state index contributed by atoms with van der Waals surface area (Å²) in [6, 6.07) is 12.4. The monoisotopic (exact) mass is 624 g/mol. The standard InChI is InChI=1S/C31H36N2O8SSi/c1-7-16-39-29(35)22-10-8-9-21(18-22)26-25(30(36)40-19-20-11-13-23(14-12-20)33(37)38)32-27(34)24(28(32)42-26)15-17-41-43(5,6)31(2,3)4/h7-14,18,24,28H,1,15-17,19H2,2-6H3/t24-,28+/m0/s1. The van der Waals surface area contributed by atoms with Gasteiger partial charge in [0.1, 0.15) is 18.9 Å². The van der Waals surface area contributed by atoms with E-state index in [9.17, 15) is 24.5 Å². The van der Waals surface area contributed by atoms with E-state index in [4.69, 9.17) is 13.9 Å². The van der Waals surface area contributed by atoms with Gasteiger partial charge in [0.25, 0.3) is 5.69 Å². The van der Waals surface area contributed by atoms with Crippen molar-refractivity contribution in [3.63, 3.8) is 0 Å². The summed E-state index contributed by atoms with van der Waals surface area (Å²) in [4.78, 5) is 51.9. The highest BCUT2D eigenvalue weighted by atomic mass is 32.2. The van der Waals surface area contributed by atoms with E-state index in [-0.39, 0.29) is 46.8 Å². The van der Waals surface area contributed by atoms with Gasteiger partial charge in [-0.25, -0.2) is 9.59 Å². The summed E-state index contributed by atoms with van der Waals surface area (Å²) in [7, 11) is -2.00. The largest absolute Gasteiger partial charge is 0.458 e. The average molecular weight is 625 g/mol. The van der Waals surface area contributed by atoms with E-state index in [0.29, 0.717) is 34.6 Å². The van der Waals surface area contributed by atoms with Crippen molar-refractivity contribution >= 4 is 48.5 Å². The Kier molecular flexibility index (Phi) is 9.62. The van der Waals surface area contributed by atoms with Crippen LogP contribution in [0.3, 0.4) is 0 Å². The number of ether oxygens (including phenoxy) is 2. The molecule has 0 aromatic heterocycles. The Bertz CT molecular complexity index is 1460. The molecule has 0 spiro atoms. The van der Waals surface area contributed by atoms with Crippen molar-refractivity contribution in [3.8, 4) is 0 Å². The van der Waals surface area contributed by atoms with Crippen LogP contribution in [-0.2, 0) is 30.1 Å². The molecular weight excluding hydrogens is 589 g/mol. The zero-order valence-electron chi connectivity index (χ0n) is 25.0. The molecule has 1 saturated heterocycles. The van der Waals surface area contributed by atoms with Crippen LogP contribution in [0.25, 0.3) is 4.91 Å². The van der Waals surface area contributed by atoms with Gasteiger partial charge >= 0.3 is 11.9 Å². The SMILES string of the molecule is C=CCOC(=O)c1cccc(C2=C(C(=O)OCc3ccc([N+](=O)[O-])cc3)N3C(=O)[C@H](CCO[Si](C)(C)C(C)(C)C)[C@H]3S2)c1. The van der Waals surface area contributed by atoms with Crippen molar-refractivity contribution in [2.75, 3.05) is 13.2 Å². The van der Waals surface area contributed by atoms with Crippen LogP contribution in [-0.4, -0.2) is 54.6 Å². The van der Waals surface area contributed by atoms with Crippen molar-refractivity contribution in [2.45, 2.75) is 57.3 Å². The number of esters is 2. The van der Waals surface area contributed by atoms with Gasteiger partial charge in [0, 0.05) is 23.6 Å². The van der Waals surface area contributed by atoms with Gasteiger partial charge in [0.05, 0.1) is 21.8 Å². The molecule has 2 heterocycles. The number of nitro groups is 1. The van der Waals surface area contributed by atoms with Gasteiger partial charge in [-0.2, -0.15) is 0 Å². The number of amides is 1. The highest BCUT2D eigenvalue weighted by Crippen LogP contribution is 2.54. The maximum Gasteiger partial charge on any atom is 0.356 e. The molecule has 0 saturated carbocycles. The molecule has 228 valence electrons. The fraction of sp³-hybridized carbons (Fsp3) is 0.387. The van der Waals surface area contributed by atoms with E-state index in [1.807, 2.05) is 0 Å². The number of hydrogen-bond donors (Lipinski definition) is 0. The number of nitro benzene ring substituents is 1. The molecule has 1 amide bonds. The van der Waals surface area contributed by atoms with E-state index in [0.717, 1.165) is 0 Å². The molecule has 0 bridgehead atoms. The average Bonchev–Trinajstić information content (AvgIpc) is 3.32. The van der Waals surface area contributed by atoms with Crippen LogP contribution in [0.4, 0.5) is 5.69 Å². The molecule has 4 rings (SSSR count). The quantitative estimate of drug-likeness (QED) is 0.0669. The molecule has 43 heavy (non-hydrogen) atoms. The minimum Gasteiger partial charge on any atom is -0.458 e. The molecule has 0 radical (unpaired) electrons. The fourth-order valence-corrected chi connectivity index (χ4v) is 7.03. The Morgan fingerprint density at radius 3 is 2.44 bits per heavy atom. The maximum atomic E-state index is 13.5. The summed E-state index contributed by atoms with van der Waals surface area (Å²) in [6.45, 7) is 14.7. The van der Waals surface area contributed by atoms with Gasteiger partial charge < -0.3 is 13.9 Å². The van der Waals surface area contributed by atoms with Crippen LogP contribution in [0.5, 0.6) is 0 Å². The first-order valence-corrected chi connectivity index (χ1v) is 17.7. The van der Waals surface area contributed by atoms with Crippen molar-refractivity contribution < 1.29 is 33.2 Å². The summed E-state index contributed by atoms with van der Waals surface area (Å²) in [6.07, 6.45) is 1.99. The Balaban J connectivity index is 1.57. The van der Waals surface area contributed by atoms with Crippen LogP contribution < -0.4 is 0 Å². The van der Waals surface area contributed by atoms with Gasteiger partial charge in [-0.3, -0.25) is 19.8 Å². The molecule has 2 aromatic carbocycles. The van der Waals surface area contributed by atoms with Crippen molar-refractivity contribution in [3.05, 3.63) is 93.7 Å². The van der Waals surface area contributed by atoms with Gasteiger partial charge in [-0.15, -0.1) is 0 Å². The molecule has 2 aromatic rings. The van der Waals surface area contributed by atoms with E-state index in [1.54, 1.807) is 24.3 Å². The van der Waals surface area contributed by atoms with E-state index in [1.165, 1.54) is 47.0 Å². The van der Waals surface area contributed by atoms with Crippen LogP contribution in [0.2, 0.25) is 18.1 Å². The number of thioether (sulfide) groups is 1. The summed E-state index contributed by atoms with van der Waals surface area (Å²) in [5.41, 5.74) is 1.48. The highest BCUT2D eigenvalue weighted by molar-refractivity contribution is 8.09. The Morgan fingerprint density at radius 2 is 1.81 bits per heavy atom. The van der Waals surface area contributed by atoms with Gasteiger partial charge in [0.2, 0.25) is 5.91 Å². The predicted octanol–water partition coefficient (Wildman–Crippen LogP) is 6.29. The molecule has 1 fully saturated rings. The molecule has 2 aliphatic rings. The van der Waals surface area contributed by atoms with Gasteiger partial charge in [-0.1, -0.05) is 57.3 Å². The topological polar surface area (TPSA) is 125 Å². The summed E-state index contributed by atoms with van der Waals surface area (Å²) in [5, 5.41) is 10.7. The second-order valence-electron chi connectivity index (χ2n) is 11.9. The molecule has 10 nitrogen and oxygen atoms in total. The third-order valence-corrected chi connectivity index (χ3v) is 13.9. The summed E-state index contributed by atoms with van der Waals surface area (Å²) >= 11 is 1.39. The van der Waals surface area contributed by atoms with E-state index in [2.05, 4.69) is 40.4 Å². The number of rotatable bonds is 12. The zero-order valence-corrected chi connectivity index (χ0v) is 26.8. The third-order valence-electron chi connectivity index (χ3n) is 7.95. The molecule has 12 heteroatoms. The first kappa shape index (κ1) is 32.2. The number of fused-ring (bicyclic) bond motifs is 1. The number of hydrogen-bond acceptors (Lipinski definition) is 9. The number of benzene rings is 2. The fourth-order valence-electron chi connectivity index (χ4n) is 4.44.